The van der Waals surface area contributed by atoms with Crippen molar-refractivity contribution >= 4 is 11.8 Å². The second kappa shape index (κ2) is 3.20. The van der Waals surface area contributed by atoms with E-state index < -0.39 is 5.97 Å². The van der Waals surface area contributed by atoms with Crippen LogP contribution >= 0.6 is 0 Å². The minimum absolute atomic E-state index is 0.104. The van der Waals surface area contributed by atoms with Crippen LogP contribution < -0.4 is 11.1 Å². The quantitative estimate of drug-likeness (QED) is 0.497. The van der Waals surface area contributed by atoms with Gasteiger partial charge in [0.25, 0.3) is 0 Å². The number of aliphatic carboxylic acids is 1. The van der Waals surface area contributed by atoms with Crippen molar-refractivity contribution in [3.63, 3.8) is 0 Å². The predicted molar refractivity (Wildman–Crippen MR) is 38.3 cm³/mol. The summed E-state index contributed by atoms with van der Waals surface area (Å²) in [5.74, 6) is -0.111. The van der Waals surface area contributed by atoms with Crippen molar-refractivity contribution < 1.29 is 9.90 Å². The molecule has 0 aromatic rings. The molecule has 0 aromatic carbocycles. The molecule has 1 heterocycles. The van der Waals surface area contributed by atoms with Gasteiger partial charge in [-0.15, -0.1) is 10.6 Å². The minimum Gasteiger partial charge on any atom is -0.481 e. The molecule has 1 aliphatic rings. The Hall–Kier alpha value is -1.30. The topological polar surface area (TPSA) is 77.0 Å². The molecule has 0 bridgehead atoms. The number of carbonyl (C=O) groups is 1. The summed E-state index contributed by atoms with van der Waals surface area (Å²) in [7, 11) is 1.76. The van der Waals surface area contributed by atoms with Crippen molar-refractivity contribution in [3.05, 3.63) is 0 Å². The van der Waals surface area contributed by atoms with Crippen LogP contribution in [-0.4, -0.2) is 29.0 Å². The predicted octanol–water partition coefficient (Wildman–Crippen LogP) is -0.881. The molecule has 11 heavy (non-hydrogen) atoms. The van der Waals surface area contributed by atoms with Gasteiger partial charge in [0.15, 0.2) is 0 Å². The van der Waals surface area contributed by atoms with Crippen molar-refractivity contribution in [1.82, 2.24) is 16.1 Å². The number of carboxylic acid groups (broad SMARTS) is 1. The first-order valence-electron chi connectivity index (χ1n) is 3.23. The van der Waals surface area contributed by atoms with Gasteiger partial charge in [0.05, 0.1) is 6.42 Å². The maximum Gasteiger partial charge on any atom is 0.303 e. The maximum atomic E-state index is 10.1. The molecule has 0 saturated heterocycles. The first kappa shape index (κ1) is 7.80. The summed E-state index contributed by atoms with van der Waals surface area (Å²) in [4.78, 5) is 10.1. The van der Waals surface area contributed by atoms with Crippen molar-refractivity contribution in [3.8, 4) is 0 Å². The van der Waals surface area contributed by atoms with Gasteiger partial charge in [-0.05, 0) is 0 Å². The molecule has 6 nitrogen and oxygen atoms in total. The lowest BCUT2D eigenvalue weighted by atomic mass is 10.3. The van der Waals surface area contributed by atoms with Gasteiger partial charge in [-0.25, -0.2) is 5.53 Å². The van der Waals surface area contributed by atoms with Gasteiger partial charge in [-0.1, -0.05) is 0 Å². The van der Waals surface area contributed by atoms with E-state index in [-0.39, 0.29) is 6.42 Å². The molecule has 1 rings (SSSR count). The lowest BCUT2D eigenvalue weighted by Gasteiger charge is -2.10. The van der Waals surface area contributed by atoms with Gasteiger partial charge in [0, 0.05) is 13.5 Å². The van der Waals surface area contributed by atoms with Gasteiger partial charge in [0.1, 0.15) is 5.84 Å². The molecule has 0 fully saturated rings. The van der Waals surface area contributed by atoms with Crippen LogP contribution in [0.3, 0.4) is 0 Å². The van der Waals surface area contributed by atoms with Gasteiger partial charge >= 0.3 is 5.97 Å². The van der Waals surface area contributed by atoms with Crippen LogP contribution in [0.2, 0.25) is 0 Å². The highest BCUT2D eigenvalue weighted by Crippen LogP contribution is 1.97. The van der Waals surface area contributed by atoms with Crippen LogP contribution in [0.1, 0.15) is 12.8 Å². The highest BCUT2D eigenvalue weighted by Gasteiger charge is 2.12. The summed E-state index contributed by atoms with van der Waals surface area (Å²) < 4.78 is 0. The summed E-state index contributed by atoms with van der Waals surface area (Å²) in [6, 6.07) is 0. The Bertz CT molecular complexity index is 191. The Morgan fingerprint density at radius 1 is 1.82 bits per heavy atom. The Morgan fingerprint density at radius 3 is 3.00 bits per heavy atom. The number of carboxylic acids is 1. The third-order valence-corrected chi connectivity index (χ3v) is 1.35. The summed E-state index contributed by atoms with van der Waals surface area (Å²) >= 11 is 0. The fourth-order valence-electron chi connectivity index (χ4n) is 0.746. The monoisotopic (exact) mass is 158 g/mol. The molecule has 0 radical (unpaired) electrons. The van der Waals surface area contributed by atoms with E-state index in [0.29, 0.717) is 12.3 Å². The molecule has 0 spiro atoms. The second-order valence-electron chi connectivity index (χ2n) is 2.20. The van der Waals surface area contributed by atoms with Crippen LogP contribution in [0.25, 0.3) is 0 Å². The smallest absolute Gasteiger partial charge is 0.303 e. The lowest BCUT2D eigenvalue weighted by Crippen LogP contribution is -2.37. The van der Waals surface area contributed by atoms with Crippen LogP contribution in [0, 0.1) is 0 Å². The van der Waals surface area contributed by atoms with Crippen molar-refractivity contribution in [2.45, 2.75) is 12.8 Å². The van der Waals surface area contributed by atoms with E-state index in [1.807, 2.05) is 0 Å². The summed E-state index contributed by atoms with van der Waals surface area (Å²) in [5.41, 5.74) is 5.20. The zero-order valence-corrected chi connectivity index (χ0v) is 6.16. The first-order chi connectivity index (χ1) is 5.20. The summed E-state index contributed by atoms with van der Waals surface area (Å²) in [5, 5.41) is 13.8. The fourth-order valence-corrected chi connectivity index (χ4v) is 0.746. The number of hydrogen-bond acceptors (Lipinski definition) is 5. The summed E-state index contributed by atoms with van der Waals surface area (Å²) in [6.07, 6.45) is 0.540. The third-order valence-electron chi connectivity index (χ3n) is 1.35. The van der Waals surface area contributed by atoms with Crippen molar-refractivity contribution in [2.24, 2.45) is 5.10 Å². The van der Waals surface area contributed by atoms with Crippen LogP contribution in [0.4, 0.5) is 0 Å². The molecule has 0 atom stereocenters. The Kier molecular flexibility index (Phi) is 2.27. The molecule has 0 amide bonds. The number of hydrazone groups is 1. The molecule has 1 aliphatic heterocycles. The number of nitrogens with zero attached hydrogens (tertiary/aromatic N) is 2. The maximum absolute atomic E-state index is 10.1. The second-order valence-corrected chi connectivity index (χ2v) is 2.20. The van der Waals surface area contributed by atoms with E-state index in [0.717, 1.165) is 0 Å². The molecular formula is C5H10N4O2. The Balaban J connectivity index is 2.31. The van der Waals surface area contributed by atoms with E-state index in [1.165, 1.54) is 0 Å². The average Bonchev–Trinajstić information content (AvgIpc) is 2.31. The van der Waals surface area contributed by atoms with Gasteiger partial charge < -0.3 is 5.11 Å². The zero-order chi connectivity index (χ0) is 8.27. The van der Waals surface area contributed by atoms with Gasteiger partial charge in [-0.3, -0.25) is 9.80 Å². The zero-order valence-electron chi connectivity index (χ0n) is 6.16. The SMILES string of the molecule is CN1NNN=C1CCC(=O)O. The first-order valence-corrected chi connectivity index (χ1v) is 3.23. The van der Waals surface area contributed by atoms with E-state index >= 15 is 0 Å². The highest BCUT2D eigenvalue weighted by atomic mass is 16.4. The van der Waals surface area contributed by atoms with E-state index in [4.69, 9.17) is 5.11 Å². The van der Waals surface area contributed by atoms with E-state index in [2.05, 4.69) is 16.2 Å². The molecule has 62 valence electrons. The van der Waals surface area contributed by atoms with Gasteiger partial charge in [0.2, 0.25) is 0 Å². The normalized spacial score (nSPS) is 16.1. The number of rotatable bonds is 3. The van der Waals surface area contributed by atoms with Gasteiger partial charge in [-0.2, -0.15) is 0 Å². The van der Waals surface area contributed by atoms with Crippen molar-refractivity contribution in [2.75, 3.05) is 7.05 Å². The molecule has 3 N–H and O–H groups in total. The van der Waals surface area contributed by atoms with E-state index in [9.17, 15) is 4.79 Å². The minimum atomic E-state index is -0.812. The number of hydrazine groups is 2. The van der Waals surface area contributed by atoms with Crippen LogP contribution in [-0.2, 0) is 4.79 Å². The van der Waals surface area contributed by atoms with E-state index in [1.54, 1.807) is 12.1 Å². The number of amidine groups is 1. The fraction of sp³-hybridized carbons (Fsp3) is 0.600. The van der Waals surface area contributed by atoms with Crippen LogP contribution in [0.15, 0.2) is 5.10 Å². The summed E-state index contributed by atoms with van der Waals surface area (Å²) in [6.45, 7) is 0. The Morgan fingerprint density at radius 2 is 2.55 bits per heavy atom. The lowest BCUT2D eigenvalue weighted by molar-refractivity contribution is -0.136. The molecule has 0 aliphatic carbocycles. The third kappa shape index (κ3) is 2.08. The largest absolute Gasteiger partial charge is 0.481 e. The molecule has 6 heteroatoms. The highest BCUT2D eigenvalue weighted by molar-refractivity contribution is 5.85. The number of nitrogens with one attached hydrogen (secondary N) is 2. The van der Waals surface area contributed by atoms with Crippen LogP contribution in [0.5, 0.6) is 0 Å². The number of hydrogen-bond donors (Lipinski definition) is 3. The molecule has 0 saturated carbocycles. The standard InChI is InChI=1S/C5H10N4O2/c1-9-4(6-7-8-9)2-3-5(10)11/h7-8H,2-3H2,1H3,(H,10,11). The van der Waals surface area contributed by atoms with Crippen molar-refractivity contribution in [1.29, 1.82) is 0 Å². The Labute approximate surface area is 63.8 Å². The average molecular weight is 158 g/mol. The molecular weight excluding hydrogens is 148 g/mol. The molecule has 0 unspecified atom stereocenters. The molecule has 0 aromatic heterocycles.